The standard InChI is InChI=1S/C28H31ClN2O7/c1-6-30(7-2)10-11-31-24(16-8-9-19(35-3)20(13-16)36-4)23(26(33)28(31)34)25(32)21-14-17-12-18(29)15-22(37-5)27(17)38-21/h8-9,12-15,24,33H,6-7,10-11H2,1-5H3. The van der Waals surface area contributed by atoms with Crippen molar-refractivity contribution in [3.8, 4) is 17.2 Å². The largest absolute Gasteiger partial charge is 0.503 e. The van der Waals surface area contributed by atoms with Crippen LogP contribution in [0.25, 0.3) is 11.0 Å². The Kier molecular flexibility index (Phi) is 8.18. The van der Waals surface area contributed by atoms with Gasteiger partial charge in [0.2, 0.25) is 5.78 Å². The number of benzene rings is 2. The molecule has 10 heteroatoms. The van der Waals surface area contributed by atoms with Crippen LogP contribution in [0.5, 0.6) is 17.2 Å². The molecular weight excluding hydrogens is 512 g/mol. The number of carbonyl (C=O) groups excluding carboxylic acids is 2. The number of carbonyl (C=O) groups is 2. The molecule has 4 rings (SSSR count). The molecule has 1 aliphatic heterocycles. The van der Waals surface area contributed by atoms with Gasteiger partial charge in [0.05, 0.1) is 32.9 Å². The molecule has 0 bridgehead atoms. The highest BCUT2D eigenvalue weighted by Gasteiger charge is 2.44. The van der Waals surface area contributed by atoms with E-state index in [-0.39, 0.29) is 11.3 Å². The summed E-state index contributed by atoms with van der Waals surface area (Å²) < 4.78 is 22.1. The Morgan fingerprint density at radius 1 is 1.03 bits per heavy atom. The number of likely N-dealkylation sites (N-methyl/N-ethyl adjacent to an activating group) is 1. The molecule has 1 unspecified atom stereocenters. The molecule has 1 amide bonds. The van der Waals surface area contributed by atoms with Gasteiger partial charge in [-0.05, 0) is 42.9 Å². The number of methoxy groups -OCH3 is 3. The van der Waals surface area contributed by atoms with Crippen LogP contribution in [0.3, 0.4) is 0 Å². The van der Waals surface area contributed by atoms with E-state index >= 15 is 0 Å². The average molecular weight is 543 g/mol. The quantitative estimate of drug-likeness (QED) is 0.337. The fourth-order valence-electron chi connectivity index (χ4n) is 4.76. The lowest BCUT2D eigenvalue weighted by molar-refractivity contribution is -0.129. The molecule has 2 heterocycles. The van der Waals surface area contributed by atoms with E-state index in [1.54, 1.807) is 30.3 Å². The Labute approximate surface area is 226 Å². The van der Waals surface area contributed by atoms with Gasteiger partial charge in [-0.15, -0.1) is 0 Å². The Balaban J connectivity index is 1.82. The molecule has 0 saturated carbocycles. The van der Waals surface area contributed by atoms with E-state index in [1.807, 2.05) is 13.8 Å². The Morgan fingerprint density at radius 3 is 2.34 bits per heavy atom. The molecule has 0 radical (unpaired) electrons. The van der Waals surface area contributed by atoms with Crippen molar-refractivity contribution in [2.75, 3.05) is 47.5 Å². The number of nitrogens with zero attached hydrogens (tertiary/aromatic N) is 2. The lowest BCUT2D eigenvalue weighted by Crippen LogP contribution is -2.38. The third kappa shape index (κ3) is 4.91. The summed E-state index contributed by atoms with van der Waals surface area (Å²) in [6.07, 6.45) is 0. The third-order valence-electron chi connectivity index (χ3n) is 6.81. The third-order valence-corrected chi connectivity index (χ3v) is 7.03. The van der Waals surface area contributed by atoms with E-state index in [9.17, 15) is 14.7 Å². The number of amides is 1. The molecule has 1 atom stereocenters. The van der Waals surface area contributed by atoms with Gasteiger partial charge in [0.25, 0.3) is 5.91 Å². The highest BCUT2D eigenvalue weighted by molar-refractivity contribution is 6.31. The van der Waals surface area contributed by atoms with Gasteiger partial charge < -0.3 is 33.5 Å². The molecule has 9 nitrogen and oxygen atoms in total. The van der Waals surface area contributed by atoms with Crippen molar-refractivity contribution in [2.45, 2.75) is 19.9 Å². The van der Waals surface area contributed by atoms with Crippen LogP contribution in [-0.2, 0) is 4.79 Å². The highest BCUT2D eigenvalue weighted by atomic mass is 35.5. The Morgan fingerprint density at radius 2 is 1.71 bits per heavy atom. The second-order valence-corrected chi connectivity index (χ2v) is 9.21. The second-order valence-electron chi connectivity index (χ2n) is 8.77. The molecule has 1 aliphatic rings. The number of rotatable bonds is 11. The molecule has 0 fully saturated rings. The SMILES string of the molecule is CCN(CC)CCN1C(=O)C(O)=C(C(=O)c2cc3cc(Cl)cc(OC)c3o2)C1c1ccc(OC)c(OC)c1. The lowest BCUT2D eigenvalue weighted by atomic mass is 9.94. The molecule has 1 N–H and O–H groups in total. The maximum atomic E-state index is 13.9. The van der Waals surface area contributed by atoms with Crippen LogP contribution in [0.15, 0.2) is 52.1 Å². The zero-order chi connectivity index (χ0) is 27.6. The lowest BCUT2D eigenvalue weighted by Gasteiger charge is -2.29. The maximum Gasteiger partial charge on any atom is 0.290 e. The minimum atomic E-state index is -0.871. The molecule has 0 saturated heterocycles. The predicted molar refractivity (Wildman–Crippen MR) is 144 cm³/mol. The van der Waals surface area contributed by atoms with Gasteiger partial charge in [-0.25, -0.2) is 0 Å². The van der Waals surface area contributed by atoms with Crippen LogP contribution < -0.4 is 14.2 Å². The number of Topliss-reactive ketones (excluding diaryl/α,β-unsaturated/α-hetero) is 1. The molecule has 202 valence electrons. The summed E-state index contributed by atoms with van der Waals surface area (Å²) in [4.78, 5) is 30.9. The van der Waals surface area contributed by atoms with Crippen molar-refractivity contribution in [3.63, 3.8) is 0 Å². The summed E-state index contributed by atoms with van der Waals surface area (Å²) in [5.74, 6) is -0.609. The van der Waals surface area contributed by atoms with Crippen LogP contribution in [-0.4, -0.2) is 74.1 Å². The number of furan rings is 1. The monoisotopic (exact) mass is 542 g/mol. The average Bonchev–Trinajstić information content (AvgIpc) is 3.46. The van der Waals surface area contributed by atoms with E-state index in [0.717, 1.165) is 13.1 Å². The van der Waals surface area contributed by atoms with Crippen molar-refractivity contribution < 1.29 is 33.3 Å². The van der Waals surface area contributed by atoms with Crippen molar-refractivity contribution >= 4 is 34.3 Å². The number of ether oxygens (including phenoxy) is 3. The minimum Gasteiger partial charge on any atom is -0.503 e. The number of halogens is 1. The first-order valence-electron chi connectivity index (χ1n) is 12.3. The van der Waals surface area contributed by atoms with Gasteiger partial charge in [0.15, 0.2) is 34.4 Å². The normalized spacial score (nSPS) is 15.6. The van der Waals surface area contributed by atoms with E-state index in [4.69, 9.17) is 30.2 Å². The molecule has 1 aromatic heterocycles. The van der Waals surface area contributed by atoms with Crippen molar-refractivity contribution in [1.29, 1.82) is 0 Å². The first-order chi connectivity index (χ1) is 18.3. The van der Waals surface area contributed by atoms with Crippen LogP contribution in [0.2, 0.25) is 5.02 Å². The number of fused-ring (bicyclic) bond motifs is 1. The topological polar surface area (TPSA) is 102 Å². The Hall–Kier alpha value is -3.69. The molecule has 3 aromatic rings. The van der Waals surface area contributed by atoms with Gasteiger partial charge in [-0.1, -0.05) is 31.5 Å². The van der Waals surface area contributed by atoms with Crippen LogP contribution in [0.4, 0.5) is 0 Å². The number of ketones is 1. The molecule has 38 heavy (non-hydrogen) atoms. The molecule has 2 aromatic carbocycles. The minimum absolute atomic E-state index is 0.0500. The smallest absolute Gasteiger partial charge is 0.290 e. The fourth-order valence-corrected chi connectivity index (χ4v) is 4.97. The summed E-state index contributed by atoms with van der Waals surface area (Å²) in [5.41, 5.74) is 0.844. The molecule has 0 spiro atoms. The summed E-state index contributed by atoms with van der Waals surface area (Å²) in [6.45, 7) is 6.53. The zero-order valence-electron chi connectivity index (χ0n) is 22.0. The number of hydrogen-bond donors (Lipinski definition) is 1. The zero-order valence-corrected chi connectivity index (χ0v) is 22.8. The van der Waals surface area contributed by atoms with Crippen molar-refractivity contribution in [3.05, 3.63) is 64.1 Å². The highest BCUT2D eigenvalue weighted by Crippen LogP contribution is 2.42. The predicted octanol–water partition coefficient (Wildman–Crippen LogP) is 5.03. The summed E-state index contributed by atoms with van der Waals surface area (Å²) >= 11 is 6.19. The van der Waals surface area contributed by atoms with E-state index in [0.29, 0.717) is 51.9 Å². The van der Waals surface area contributed by atoms with E-state index in [2.05, 4.69) is 4.90 Å². The van der Waals surface area contributed by atoms with Crippen LogP contribution in [0.1, 0.15) is 36.0 Å². The summed E-state index contributed by atoms with van der Waals surface area (Å²) in [6, 6.07) is 9.04. The van der Waals surface area contributed by atoms with Gasteiger partial charge in [-0.2, -0.15) is 0 Å². The summed E-state index contributed by atoms with van der Waals surface area (Å²) in [7, 11) is 4.50. The number of aliphatic hydroxyl groups excluding tert-OH is 1. The van der Waals surface area contributed by atoms with Gasteiger partial charge in [0.1, 0.15) is 0 Å². The first-order valence-corrected chi connectivity index (χ1v) is 12.7. The van der Waals surface area contributed by atoms with Crippen molar-refractivity contribution in [1.82, 2.24) is 9.80 Å². The van der Waals surface area contributed by atoms with Gasteiger partial charge in [-0.3, -0.25) is 9.59 Å². The van der Waals surface area contributed by atoms with Gasteiger partial charge >= 0.3 is 0 Å². The van der Waals surface area contributed by atoms with Crippen LogP contribution >= 0.6 is 11.6 Å². The fraction of sp³-hybridized carbons (Fsp3) is 0.357. The second kappa shape index (κ2) is 11.4. The summed E-state index contributed by atoms with van der Waals surface area (Å²) in [5, 5.41) is 12.0. The Bertz CT molecular complexity index is 1390. The first kappa shape index (κ1) is 27.3. The van der Waals surface area contributed by atoms with Crippen LogP contribution in [0, 0.1) is 0 Å². The van der Waals surface area contributed by atoms with E-state index < -0.39 is 23.5 Å². The molecular formula is C28H31ClN2O7. The van der Waals surface area contributed by atoms with Crippen molar-refractivity contribution in [2.24, 2.45) is 0 Å². The maximum absolute atomic E-state index is 13.9. The number of aliphatic hydroxyl groups is 1. The molecule has 0 aliphatic carbocycles. The van der Waals surface area contributed by atoms with E-state index in [1.165, 1.54) is 32.3 Å². The number of hydrogen-bond acceptors (Lipinski definition) is 8. The van der Waals surface area contributed by atoms with Gasteiger partial charge in [0, 0.05) is 29.6 Å².